The van der Waals surface area contributed by atoms with E-state index >= 15 is 0 Å². The van der Waals surface area contributed by atoms with Crippen LogP contribution in [0, 0.1) is 6.92 Å². The fourth-order valence-electron chi connectivity index (χ4n) is 1.92. The van der Waals surface area contributed by atoms with Crippen molar-refractivity contribution in [1.82, 2.24) is 9.97 Å². The molecule has 0 saturated heterocycles. The Morgan fingerprint density at radius 3 is 2.67 bits per heavy atom. The maximum absolute atomic E-state index is 10.7. The number of carboxylic acids is 1. The van der Waals surface area contributed by atoms with E-state index in [0.29, 0.717) is 11.4 Å². The third-order valence-corrected chi connectivity index (χ3v) is 5.97. The van der Waals surface area contributed by atoms with Gasteiger partial charge in [-0.05, 0) is 19.1 Å². The monoisotopic (exact) mass is 377 g/mol. The molecule has 0 aliphatic carbocycles. The van der Waals surface area contributed by atoms with Crippen LogP contribution in [0.15, 0.2) is 39.4 Å². The Morgan fingerprint density at radius 2 is 1.92 bits per heavy atom. The summed E-state index contributed by atoms with van der Waals surface area (Å²) in [5.74, 6) is -0.144. The lowest BCUT2D eigenvalue weighted by atomic mass is 10.2. The molecule has 0 saturated carbocycles. The van der Waals surface area contributed by atoms with Crippen LogP contribution in [0.5, 0.6) is 0 Å². The number of aryl methyl sites for hydroxylation is 1. The van der Waals surface area contributed by atoms with Crippen molar-refractivity contribution >= 4 is 51.2 Å². The number of thioether (sulfide) groups is 1. The maximum atomic E-state index is 10.7. The lowest BCUT2D eigenvalue weighted by Crippen LogP contribution is -1.99. The zero-order valence-electron chi connectivity index (χ0n) is 12.9. The average molecular weight is 378 g/mol. The first kappa shape index (κ1) is 16.9. The Kier molecular flexibility index (Phi) is 5.49. The van der Waals surface area contributed by atoms with E-state index in [9.17, 15) is 4.79 Å². The molecule has 0 bridgehead atoms. The van der Waals surface area contributed by atoms with Gasteiger partial charge in [0.2, 0.25) is 0 Å². The van der Waals surface area contributed by atoms with Crippen molar-refractivity contribution < 1.29 is 9.90 Å². The number of nitrogens with one attached hydrogen (secondary N) is 1. The fraction of sp³-hybridized carbons (Fsp3) is 0.188. The van der Waals surface area contributed by atoms with Crippen LogP contribution in [-0.2, 0) is 17.0 Å². The second kappa shape index (κ2) is 7.78. The van der Waals surface area contributed by atoms with Gasteiger partial charge in [-0.1, -0.05) is 29.5 Å². The Hall–Kier alpha value is -1.90. The molecule has 2 aromatic heterocycles. The minimum Gasteiger partial charge on any atom is -0.481 e. The average Bonchev–Trinajstić information content (AvgIpc) is 3.16. The molecule has 0 fully saturated rings. The quantitative estimate of drug-likeness (QED) is 0.588. The van der Waals surface area contributed by atoms with E-state index in [2.05, 4.69) is 34.3 Å². The molecule has 8 heteroatoms. The van der Waals surface area contributed by atoms with Gasteiger partial charge < -0.3 is 10.4 Å². The summed E-state index contributed by atoms with van der Waals surface area (Å²) in [6, 6.07) is 8.18. The van der Waals surface area contributed by atoms with Gasteiger partial charge in [-0.15, -0.1) is 22.7 Å². The molecule has 5 nitrogen and oxygen atoms in total. The highest BCUT2D eigenvalue weighted by Gasteiger charge is 2.08. The topological polar surface area (TPSA) is 75.1 Å². The summed E-state index contributed by atoms with van der Waals surface area (Å²) in [4.78, 5) is 19.5. The smallest absolute Gasteiger partial charge is 0.309 e. The molecule has 3 rings (SSSR count). The van der Waals surface area contributed by atoms with Crippen LogP contribution in [0.2, 0.25) is 0 Å². The summed E-state index contributed by atoms with van der Waals surface area (Å²) in [6.45, 7) is 2.06. The van der Waals surface area contributed by atoms with Gasteiger partial charge in [0.15, 0.2) is 9.47 Å². The van der Waals surface area contributed by atoms with E-state index < -0.39 is 5.97 Å². The van der Waals surface area contributed by atoms with Crippen LogP contribution in [0.4, 0.5) is 10.8 Å². The highest BCUT2D eigenvalue weighted by molar-refractivity contribution is 8.00. The van der Waals surface area contributed by atoms with Crippen LogP contribution >= 0.6 is 34.4 Å². The second-order valence-electron chi connectivity index (χ2n) is 5.10. The second-order valence-corrected chi connectivity index (χ2v) is 8.04. The van der Waals surface area contributed by atoms with Crippen molar-refractivity contribution in [3.8, 4) is 0 Å². The normalized spacial score (nSPS) is 10.7. The summed E-state index contributed by atoms with van der Waals surface area (Å²) in [5, 5.41) is 16.7. The van der Waals surface area contributed by atoms with Crippen LogP contribution in [0.1, 0.15) is 17.0 Å². The molecular formula is C16H15N3O2S3. The third kappa shape index (κ3) is 4.80. The zero-order chi connectivity index (χ0) is 16.9. The standard InChI is InChI=1S/C16H15N3O2S3/c1-10-2-4-11(5-3-10)17-15-18-13(8-22-15)9-24-16-19-12(7-23-16)6-14(20)21/h2-5,7-8H,6,9H2,1H3,(H,17,18)(H,20,21). The first-order valence-corrected chi connectivity index (χ1v) is 9.90. The van der Waals surface area contributed by atoms with E-state index in [1.807, 2.05) is 17.5 Å². The van der Waals surface area contributed by atoms with Gasteiger partial charge in [0.25, 0.3) is 0 Å². The zero-order valence-corrected chi connectivity index (χ0v) is 15.3. The van der Waals surface area contributed by atoms with Crippen LogP contribution in [0.25, 0.3) is 0 Å². The third-order valence-electron chi connectivity index (χ3n) is 3.06. The number of thiazole rings is 2. The largest absolute Gasteiger partial charge is 0.481 e. The van der Waals surface area contributed by atoms with Gasteiger partial charge in [-0.2, -0.15) is 0 Å². The van der Waals surface area contributed by atoms with Crippen molar-refractivity contribution in [3.63, 3.8) is 0 Å². The molecule has 0 spiro atoms. The molecule has 2 N–H and O–H groups in total. The molecule has 2 heterocycles. The Bertz CT molecular complexity index is 827. The van der Waals surface area contributed by atoms with Crippen LogP contribution in [-0.4, -0.2) is 21.0 Å². The van der Waals surface area contributed by atoms with E-state index in [0.717, 1.165) is 20.9 Å². The molecule has 0 amide bonds. The molecular weight excluding hydrogens is 362 g/mol. The molecule has 0 atom stereocenters. The van der Waals surface area contributed by atoms with Crippen molar-refractivity contribution in [2.24, 2.45) is 0 Å². The highest BCUT2D eigenvalue weighted by atomic mass is 32.2. The first-order valence-electron chi connectivity index (χ1n) is 7.15. The number of aliphatic carboxylic acids is 1. The Balaban J connectivity index is 1.55. The van der Waals surface area contributed by atoms with Gasteiger partial charge in [0, 0.05) is 22.2 Å². The summed E-state index contributed by atoms with van der Waals surface area (Å²) < 4.78 is 0.868. The van der Waals surface area contributed by atoms with Crippen molar-refractivity contribution in [1.29, 1.82) is 0 Å². The minimum atomic E-state index is -0.858. The summed E-state index contributed by atoms with van der Waals surface area (Å²) >= 11 is 4.61. The molecule has 0 unspecified atom stereocenters. The minimum absolute atomic E-state index is 0.0294. The highest BCUT2D eigenvalue weighted by Crippen LogP contribution is 2.28. The number of carboxylic acid groups (broad SMARTS) is 1. The van der Waals surface area contributed by atoms with Gasteiger partial charge in [-0.3, -0.25) is 4.79 Å². The Morgan fingerprint density at radius 1 is 1.17 bits per heavy atom. The lowest BCUT2D eigenvalue weighted by molar-refractivity contribution is -0.136. The molecule has 0 aliphatic heterocycles. The first-order chi connectivity index (χ1) is 11.6. The number of benzene rings is 1. The van der Waals surface area contributed by atoms with Crippen LogP contribution in [0.3, 0.4) is 0 Å². The number of carbonyl (C=O) groups is 1. The number of nitrogens with zero attached hydrogens (tertiary/aromatic N) is 2. The fourth-order valence-corrected chi connectivity index (χ4v) is 4.49. The summed E-state index contributed by atoms with van der Waals surface area (Å²) in [5.41, 5.74) is 3.83. The van der Waals surface area contributed by atoms with E-state index in [1.165, 1.54) is 16.9 Å². The van der Waals surface area contributed by atoms with Crippen molar-refractivity contribution in [3.05, 3.63) is 52.0 Å². The van der Waals surface area contributed by atoms with Crippen LogP contribution < -0.4 is 5.32 Å². The number of rotatable bonds is 7. The number of anilines is 2. The van der Waals surface area contributed by atoms with E-state index in [-0.39, 0.29) is 6.42 Å². The molecule has 24 heavy (non-hydrogen) atoms. The molecule has 0 aliphatic rings. The summed E-state index contributed by atoms with van der Waals surface area (Å²) in [7, 11) is 0. The molecule has 124 valence electrons. The predicted molar refractivity (Wildman–Crippen MR) is 99.6 cm³/mol. The molecule has 0 radical (unpaired) electrons. The van der Waals surface area contributed by atoms with Gasteiger partial charge in [0.05, 0.1) is 17.8 Å². The number of hydrogen-bond donors (Lipinski definition) is 2. The van der Waals surface area contributed by atoms with Gasteiger partial charge >= 0.3 is 5.97 Å². The van der Waals surface area contributed by atoms with Gasteiger partial charge in [0.1, 0.15) is 0 Å². The lowest BCUT2D eigenvalue weighted by Gasteiger charge is -2.02. The van der Waals surface area contributed by atoms with E-state index in [4.69, 9.17) is 5.11 Å². The maximum Gasteiger partial charge on any atom is 0.309 e. The number of hydrogen-bond acceptors (Lipinski definition) is 7. The van der Waals surface area contributed by atoms with Gasteiger partial charge in [-0.25, -0.2) is 9.97 Å². The molecule has 1 aromatic carbocycles. The van der Waals surface area contributed by atoms with Crippen molar-refractivity contribution in [2.45, 2.75) is 23.4 Å². The predicted octanol–water partition coefficient (Wildman–Crippen LogP) is 4.57. The van der Waals surface area contributed by atoms with Crippen molar-refractivity contribution in [2.75, 3.05) is 5.32 Å². The number of aromatic nitrogens is 2. The molecule has 3 aromatic rings. The summed E-state index contributed by atoms with van der Waals surface area (Å²) in [6.07, 6.45) is -0.0294. The Labute approximate surface area is 151 Å². The SMILES string of the molecule is Cc1ccc(Nc2nc(CSc3nc(CC(=O)O)cs3)cs2)cc1. The van der Waals surface area contributed by atoms with E-state index in [1.54, 1.807) is 28.5 Å².